The molecule has 1 N–H and O–H groups in total. The summed E-state index contributed by atoms with van der Waals surface area (Å²) in [5.74, 6) is -0.444. The summed E-state index contributed by atoms with van der Waals surface area (Å²) in [6, 6.07) is 3.05. The van der Waals surface area contributed by atoms with Crippen molar-refractivity contribution in [2.24, 2.45) is 0 Å². The van der Waals surface area contributed by atoms with Gasteiger partial charge in [-0.25, -0.2) is 0 Å². The van der Waals surface area contributed by atoms with Crippen LogP contribution in [0.15, 0.2) is 23.1 Å². The Hall–Kier alpha value is -1.78. The number of carbonyl (C=O) groups is 1. The second-order valence-electron chi connectivity index (χ2n) is 2.71. The Labute approximate surface area is 81.3 Å². The minimum Gasteiger partial charge on any atom is -0.468 e. The van der Waals surface area contributed by atoms with Gasteiger partial charge in [0.1, 0.15) is 6.54 Å². The zero-order valence-corrected chi connectivity index (χ0v) is 8.11. The second-order valence-corrected chi connectivity index (χ2v) is 2.71. The van der Waals surface area contributed by atoms with Crippen LogP contribution in [-0.2, 0) is 16.1 Å². The second kappa shape index (κ2) is 4.45. The number of hydrogen-bond acceptors (Lipinski definition) is 4. The highest BCUT2D eigenvalue weighted by molar-refractivity contribution is 5.69. The van der Waals surface area contributed by atoms with Crippen molar-refractivity contribution in [1.29, 1.82) is 0 Å². The van der Waals surface area contributed by atoms with E-state index in [4.69, 9.17) is 0 Å². The topological polar surface area (TPSA) is 60.3 Å². The number of pyridine rings is 1. The quantitative estimate of drug-likeness (QED) is 0.694. The van der Waals surface area contributed by atoms with Crippen molar-refractivity contribution in [3.63, 3.8) is 0 Å². The van der Waals surface area contributed by atoms with Crippen LogP contribution in [0.2, 0.25) is 0 Å². The van der Waals surface area contributed by atoms with Gasteiger partial charge < -0.3 is 14.6 Å². The fourth-order valence-corrected chi connectivity index (χ4v) is 1.01. The van der Waals surface area contributed by atoms with Crippen LogP contribution in [0, 0.1) is 0 Å². The zero-order valence-electron chi connectivity index (χ0n) is 8.11. The van der Waals surface area contributed by atoms with Gasteiger partial charge in [-0.05, 0) is 6.07 Å². The summed E-state index contributed by atoms with van der Waals surface area (Å²) in [4.78, 5) is 22.2. The molecule has 0 bridgehead atoms. The monoisotopic (exact) mass is 196 g/mol. The lowest BCUT2D eigenvalue weighted by Gasteiger charge is -2.06. The van der Waals surface area contributed by atoms with E-state index in [2.05, 4.69) is 10.1 Å². The number of aromatic nitrogens is 1. The number of carbonyl (C=O) groups excluding carboxylic acids is 1. The van der Waals surface area contributed by atoms with Gasteiger partial charge in [0.05, 0.1) is 12.8 Å². The summed E-state index contributed by atoms with van der Waals surface area (Å²) in [6.45, 7) is -0.0646. The molecule has 1 aromatic heterocycles. The molecule has 1 rings (SSSR count). The molecule has 5 nitrogen and oxygen atoms in total. The maximum atomic E-state index is 11.3. The number of ether oxygens (including phenoxy) is 1. The molecule has 0 spiro atoms. The normalized spacial score (nSPS) is 9.57. The van der Waals surface area contributed by atoms with Gasteiger partial charge in [-0.1, -0.05) is 0 Å². The maximum absolute atomic E-state index is 11.3. The highest BCUT2D eigenvalue weighted by Gasteiger charge is 2.03. The van der Waals surface area contributed by atoms with Gasteiger partial charge >= 0.3 is 5.97 Å². The summed E-state index contributed by atoms with van der Waals surface area (Å²) in [6.07, 6.45) is 1.57. The van der Waals surface area contributed by atoms with E-state index >= 15 is 0 Å². The van der Waals surface area contributed by atoms with Crippen molar-refractivity contribution in [2.75, 3.05) is 19.5 Å². The van der Waals surface area contributed by atoms with E-state index < -0.39 is 5.97 Å². The first-order chi connectivity index (χ1) is 6.67. The lowest BCUT2D eigenvalue weighted by atomic mass is 10.4. The highest BCUT2D eigenvalue weighted by Crippen LogP contribution is 2.00. The van der Waals surface area contributed by atoms with Crippen LogP contribution in [0.25, 0.3) is 0 Å². The predicted octanol–water partition coefficient (Wildman–Crippen LogP) is 0.0630. The summed E-state index contributed by atoms with van der Waals surface area (Å²) in [5, 5.41) is 2.87. The molecular formula is C9H12N2O3. The van der Waals surface area contributed by atoms with Gasteiger partial charge in [0.15, 0.2) is 0 Å². The zero-order chi connectivity index (χ0) is 10.6. The van der Waals surface area contributed by atoms with E-state index in [0.29, 0.717) is 0 Å². The number of anilines is 1. The van der Waals surface area contributed by atoms with E-state index in [1.54, 1.807) is 19.3 Å². The Kier molecular flexibility index (Phi) is 3.28. The number of nitrogens with one attached hydrogen (secondary N) is 1. The summed E-state index contributed by atoms with van der Waals surface area (Å²) < 4.78 is 5.75. The van der Waals surface area contributed by atoms with E-state index in [9.17, 15) is 9.59 Å². The van der Waals surface area contributed by atoms with Gasteiger partial charge in [0, 0.05) is 19.3 Å². The van der Waals surface area contributed by atoms with Crippen LogP contribution in [0.1, 0.15) is 0 Å². The van der Waals surface area contributed by atoms with Crippen molar-refractivity contribution in [1.82, 2.24) is 4.57 Å². The predicted molar refractivity (Wildman–Crippen MR) is 52.3 cm³/mol. The van der Waals surface area contributed by atoms with Crippen LogP contribution >= 0.6 is 0 Å². The van der Waals surface area contributed by atoms with Crippen molar-refractivity contribution in [3.8, 4) is 0 Å². The largest absolute Gasteiger partial charge is 0.468 e. The van der Waals surface area contributed by atoms with Crippen molar-refractivity contribution in [2.45, 2.75) is 6.54 Å². The molecular weight excluding hydrogens is 184 g/mol. The van der Waals surface area contributed by atoms with E-state index in [1.807, 2.05) is 0 Å². The Morgan fingerprint density at radius 3 is 2.86 bits per heavy atom. The molecule has 0 atom stereocenters. The SMILES string of the molecule is CNc1ccc(=O)n(CC(=O)OC)c1. The van der Waals surface area contributed by atoms with Crippen LogP contribution in [0.5, 0.6) is 0 Å². The number of esters is 1. The van der Waals surface area contributed by atoms with Gasteiger partial charge in [-0.3, -0.25) is 9.59 Å². The standard InChI is InChI=1S/C9H12N2O3/c1-10-7-3-4-8(12)11(5-7)6-9(13)14-2/h3-5,10H,6H2,1-2H3. The number of hydrogen-bond donors (Lipinski definition) is 1. The first-order valence-corrected chi connectivity index (χ1v) is 4.12. The fraction of sp³-hybridized carbons (Fsp3) is 0.333. The highest BCUT2D eigenvalue weighted by atomic mass is 16.5. The Morgan fingerprint density at radius 2 is 2.29 bits per heavy atom. The van der Waals surface area contributed by atoms with Crippen molar-refractivity contribution in [3.05, 3.63) is 28.7 Å². The van der Waals surface area contributed by atoms with Crippen molar-refractivity contribution < 1.29 is 9.53 Å². The molecule has 0 aliphatic carbocycles. The van der Waals surface area contributed by atoms with Gasteiger partial charge in [-0.2, -0.15) is 0 Å². The van der Waals surface area contributed by atoms with Crippen LogP contribution in [0.3, 0.4) is 0 Å². The first kappa shape index (κ1) is 10.3. The average Bonchev–Trinajstić information content (AvgIpc) is 2.21. The molecule has 1 aromatic rings. The molecule has 1 heterocycles. The fourth-order valence-electron chi connectivity index (χ4n) is 1.01. The first-order valence-electron chi connectivity index (χ1n) is 4.12. The molecule has 0 aliphatic rings. The number of rotatable bonds is 3. The van der Waals surface area contributed by atoms with Gasteiger partial charge in [0.2, 0.25) is 0 Å². The van der Waals surface area contributed by atoms with Crippen molar-refractivity contribution >= 4 is 11.7 Å². The average molecular weight is 196 g/mol. The van der Waals surface area contributed by atoms with Gasteiger partial charge in [-0.15, -0.1) is 0 Å². The Morgan fingerprint density at radius 1 is 1.57 bits per heavy atom. The van der Waals surface area contributed by atoms with Gasteiger partial charge in [0.25, 0.3) is 5.56 Å². The molecule has 0 aliphatic heterocycles. The maximum Gasteiger partial charge on any atom is 0.325 e. The Bertz CT molecular complexity index is 384. The van der Waals surface area contributed by atoms with Crippen LogP contribution < -0.4 is 10.9 Å². The summed E-state index contributed by atoms with van der Waals surface area (Å²) >= 11 is 0. The smallest absolute Gasteiger partial charge is 0.325 e. The molecule has 0 aromatic carbocycles. The summed E-state index contributed by atoms with van der Waals surface area (Å²) in [5.41, 5.74) is 0.544. The molecule has 0 saturated heterocycles. The minimum absolute atomic E-state index is 0.0646. The van der Waals surface area contributed by atoms with E-state index in [1.165, 1.54) is 17.7 Å². The molecule has 5 heteroatoms. The number of methoxy groups -OCH3 is 1. The van der Waals surface area contributed by atoms with E-state index in [0.717, 1.165) is 5.69 Å². The Balaban J connectivity index is 2.95. The minimum atomic E-state index is -0.444. The molecule has 0 radical (unpaired) electrons. The van der Waals surface area contributed by atoms with Crippen LogP contribution in [0.4, 0.5) is 5.69 Å². The van der Waals surface area contributed by atoms with Crippen LogP contribution in [-0.4, -0.2) is 24.7 Å². The molecule has 0 saturated carbocycles. The summed E-state index contributed by atoms with van der Waals surface area (Å²) in [7, 11) is 3.03. The third-order valence-corrected chi connectivity index (χ3v) is 1.80. The number of nitrogens with zero attached hydrogens (tertiary/aromatic N) is 1. The lowest BCUT2D eigenvalue weighted by Crippen LogP contribution is -2.23. The van der Waals surface area contributed by atoms with E-state index in [-0.39, 0.29) is 12.1 Å². The molecule has 0 unspecified atom stereocenters. The third kappa shape index (κ3) is 2.35. The molecule has 76 valence electrons. The molecule has 0 fully saturated rings. The molecule has 14 heavy (non-hydrogen) atoms. The third-order valence-electron chi connectivity index (χ3n) is 1.80. The molecule has 0 amide bonds. The lowest BCUT2D eigenvalue weighted by molar-refractivity contribution is -0.141.